The van der Waals surface area contributed by atoms with E-state index in [0.29, 0.717) is 12.1 Å². The Kier molecular flexibility index (Phi) is 5.60. The molecule has 3 nitrogen and oxygen atoms in total. The Morgan fingerprint density at radius 1 is 0.897 bits per heavy atom. The fraction of sp³-hybridized carbons (Fsp3) is 0.0417. The van der Waals surface area contributed by atoms with Gasteiger partial charge in [-0.05, 0) is 18.2 Å². The molecule has 0 amide bonds. The summed E-state index contributed by atoms with van der Waals surface area (Å²) in [6, 6.07) is 30.4. The molecule has 0 atom stereocenters. The molecule has 1 aliphatic rings. The van der Waals surface area contributed by atoms with Gasteiger partial charge in [0.1, 0.15) is 10.4 Å². The van der Waals surface area contributed by atoms with Crippen LogP contribution in [0, 0.1) is 6.07 Å². The fourth-order valence-corrected chi connectivity index (χ4v) is 4.57. The fourth-order valence-electron chi connectivity index (χ4n) is 3.39. The van der Waals surface area contributed by atoms with E-state index in [1.54, 1.807) is 18.2 Å². The standard InChI is InChI=1S/C14H10NOS.C10H7O.Li/c1-3-7-12-10(5-1)14-15(9-16-12)11-6-2-4-8-13(11)17-14;11-10-7-3-5-8-4-1-2-6-9(8)10;/h1-8H,9H2;1-5,7,11H;/q+1;-1;+1/p-1. The molecule has 5 aromatic rings. The molecule has 0 unspecified atom stereocenters. The molecule has 5 heteroatoms. The number of ether oxygens (including phenoxy) is 1. The van der Waals surface area contributed by atoms with Crippen LogP contribution in [-0.4, -0.2) is 0 Å². The van der Waals surface area contributed by atoms with Crippen LogP contribution in [0.4, 0.5) is 0 Å². The average Bonchev–Trinajstić information content (AvgIpc) is 3.14. The first-order valence-electron chi connectivity index (χ1n) is 9.01. The number of benzene rings is 4. The summed E-state index contributed by atoms with van der Waals surface area (Å²) >= 11 is 1.83. The third-order valence-electron chi connectivity index (χ3n) is 4.73. The number of rotatable bonds is 0. The van der Waals surface area contributed by atoms with Crippen LogP contribution in [-0.2, 0) is 6.73 Å². The first-order chi connectivity index (χ1) is 13.8. The monoisotopic (exact) mass is 389 g/mol. The molecule has 0 fully saturated rings. The summed E-state index contributed by atoms with van der Waals surface area (Å²) in [5.74, 6) is 1.03. The summed E-state index contributed by atoms with van der Waals surface area (Å²) in [7, 11) is 0. The Morgan fingerprint density at radius 2 is 1.69 bits per heavy atom. The van der Waals surface area contributed by atoms with Gasteiger partial charge < -0.3 is 9.84 Å². The van der Waals surface area contributed by atoms with Crippen LogP contribution >= 0.6 is 11.3 Å². The molecule has 0 saturated carbocycles. The second-order valence-electron chi connectivity index (χ2n) is 6.46. The van der Waals surface area contributed by atoms with Gasteiger partial charge in [-0.25, -0.2) is 0 Å². The number of nitrogens with zero attached hydrogens (tertiary/aromatic N) is 1. The molecular formula is C24H16LiNO2S. The van der Waals surface area contributed by atoms with Crippen molar-refractivity contribution in [1.29, 1.82) is 0 Å². The molecule has 29 heavy (non-hydrogen) atoms. The van der Waals surface area contributed by atoms with E-state index in [-0.39, 0.29) is 24.6 Å². The van der Waals surface area contributed by atoms with E-state index in [9.17, 15) is 5.11 Å². The van der Waals surface area contributed by atoms with Crippen LogP contribution < -0.4 is 33.3 Å². The van der Waals surface area contributed by atoms with Crippen LogP contribution in [0.2, 0.25) is 0 Å². The van der Waals surface area contributed by atoms with Crippen molar-refractivity contribution in [2.75, 3.05) is 0 Å². The molecule has 2 heterocycles. The Bertz CT molecular complexity index is 1290. The van der Waals surface area contributed by atoms with Gasteiger partial charge in [-0.1, -0.05) is 47.7 Å². The van der Waals surface area contributed by atoms with Crippen LogP contribution in [0.3, 0.4) is 0 Å². The summed E-state index contributed by atoms with van der Waals surface area (Å²) in [6.45, 7) is 0.608. The molecule has 1 aromatic heterocycles. The maximum Gasteiger partial charge on any atom is 1.00 e. The summed E-state index contributed by atoms with van der Waals surface area (Å²) in [6.07, 6.45) is 0. The van der Waals surface area contributed by atoms with Gasteiger partial charge in [0.05, 0.1) is 5.56 Å². The van der Waals surface area contributed by atoms with E-state index in [0.717, 1.165) is 11.1 Å². The van der Waals surface area contributed by atoms with Gasteiger partial charge in [-0.15, -0.1) is 40.3 Å². The summed E-state index contributed by atoms with van der Waals surface area (Å²) in [4.78, 5) is 0. The van der Waals surface area contributed by atoms with Crippen molar-refractivity contribution in [2.45, 2.75) is 6.73 Å². The molecule has 0 aliphatic carbocycles. The Morgan fingerprint density at radius 3 is 2.59 bits per heavy atom. The van der Waals surface area contributed by atoms with E-state index < -0.39 is 0 Å². The van der Waals surface area contributed by atoms with Crippen molar-refractivity contribution in [3.63, 3.8) is 0 Å². The smallest absolute Gasteiger partial charge is 0.914 e. The van der Waals surface area contributed by atoms with Crippen LogP contribution in [0.15, 0.2) is 84.9 Å². The van der Waals surface area contributed by atoms with Crippen LogP contribution in [0.5, 0.6) is 11.5 Å². The van der Waals surface area contributed by atoms with E-state index in [1.807, 2.05) is 41.7 Å². The number of fused-ring (bicyclic) bond motifs is 6. The van der Waals surface area contributed by atoms with Crippen molar-refractivity contribution in [2.24, 2.45) is 0 Å². The van der Waals surface area contributed by atoms with Gasteiger partial charge in [0, 0.05) is 6.07 Å². The molecule has 0 bridgehead atoms. The zero-order valence-electron chi connectivity index (χ0n) is 16.0. The minimum Gasteiger partial charge on any atom is -0.914 e. The van der Waals surface area contributed by atoms with Gasteiger partial charge in [0.2, 0.25) is 5.52 Å². The Balaban J connectivity index is 0.000000149. The molecule has 4 aromatic carbocycles. The van der Waals surface area contributed by atoms with Crippen molar-refractivity contribution in [1.82, 2.24) is 0 Å². The Labute approximate surface area is 185 Å². The third kappa shape index (κ3) is 3.63. The first-order valence-corrected chi connectivity index (χ1v) is 9.83. The average molecular weight is 389 g/mol. The number of para-hydroxylation sites is 2. The first kappa shape index (κ1) is 19.5. The molecule has 0 radical (unpaired) electrons. The predicted molar refractivity (Wildman–Crippen MR) is 110 cm³/mol. The predicted octanol–water partition coefficient (Wildman–Crippen LogP) is 1.92. The molecule has 0 saturated heterocycles. The van der Waals surface area contributed by atoms with E-state index in [4.69, 9.17) is 4.74 Å². The van der Waals surface area contributed by atoms with Crippen molar-refractivity contribution < 1.29 is 33.3 Å². The quantitative estimate of drug-likeness (QED) is 0.231. The maximum absolute atomic E-state index is 11.1. The maximum atomic E-state index is 11.1. The van der Waals surface area contributed by atoms with Crippen LogP contribution in [0.1, 0.15) is 0 Å². The molecule has 0 spiro atoms. The minimum absolute atomic E-state index is 0. The van der Waals surface area contributed by atoms with Gasteiger partial charge in [0.25, 0.3) is 11.7 Å². The summed E-state index contributed by atoms with van der Waals surface area (Å²) in [5.41, 5.74) is 2.45. The number of aromatic nitrogens is 1. The molecule has 0 N–H and O–H groups in total. The largest absolute Gasteiger partial charge is 1.00 e. The topological polar surface area (TPSA) is 36.2 Å². The second kappa shape index (κ2) is 8.30. The second-order valence-corrected chi connectivity index (χ2v) is 7.49. The molecule has 6 rings (SSSR count). The number of thiazole rings is 1. The zero-order valence-corrected chi connectivity index (χ0v) is 16.8. The van der Waals surface area contributed by atoms with Crippen LogP contribution in [0.25, 0.3) is 31.6 Å². The van der Waals surface area contributed by atoms with Gasteiger partial charge in [-0.3, -0.25) is 0 Å². The van der Waals surface area contributed by atoms with Gasteiger partial charge >= 0.3 is 18.9 Å². The minimum atomic E-state index is 0. The van der Waals surface area contributed by atoms with E-state index >= 15 is 0 Å². The van der Waals surface area contributed by atoms with Gasteiger partial charge in [0.15, 0.2) is 0 Å². The van der Waals surface area contributed by atoms with Crippen molar-refractivity contribution >= 4 is 32.3 Å². The van der Waals surface area contributed by atoms with E-state index in [1.165, 1.54) is 20.8 Å². The SMILES string of the molecule is [Li+].[O-]c1cccc2ccc[c-]c12.c1ccc2c(c1)OC[n+]1c-2sc2ccccc21. The number of hydrogen-bond acceptors (Lipinski definition) is 3. The zero-order chi connectivity index (χ0) is 18.9. The third-order valence-corrected chi connectivity index (χ3v) is 5.93. The van der Waals surface area contributed by atoms with Crippen molar-refractivity contribution in [3.8, 4) is 22.1 Å². The van der Waals surface area contributed by atoms with E-state index in [2.05, 4.69) is 47.0 Å². The normalized spacial score (nSPS) is 11.4. The molecule has 1 aliphatic heterocycles. The number of hydrogen-bond donors (Lipinski definition) is 0. The van der Waals surface area contributed by atoms with Gasteiger partial charge in [-0.2, -0.15) is 11.1 Å². The molecular weight excluding hydrogens is 373 g/mol. The van der Waals surface area contributed by atoms with Crippen molar-refractivity contribution in [3.05, 3.63) is 91.0 Å². The molecule has 136 valence electrons. The summed E-state index contributed by atoms with van der Waals surface area (Å²) in [5, 5.41) is 14.1. The Hall–Kier alpha value is -2.77. The summed E-state index contributed by atoms with van der Waals surface area (Å²) < 4.78 is 9.33.